The molecule has 1 aliphatic heterocycles. The van der Waals surface area contributed by atoms with Gasteiger partial charge in [0.2, 0.25) is 0 Å². The van der Waals surface area contributed by atoms with Gasteiger partial charge in [0.05, 0.1) is 0 Å². The molecule has 11 heavy (non-hydrogen) atoms. The lowest BCUT2D eigenvalue weighted by molar-refractivity contribution is 0.425. The lowest BCUT2D eigenvalue weighted by Crippen LogP contribution is -2.36. The van der Waals surface area contributed by atoms with Gasteiger partial charge in [0.15, 0.2) is 0 Å². The smallest absolute Gasteiger partial charge is 0.0327 e. The molecule has 1 rings (SSSR count). The van der Waals surface area contributed by atoms with Crippen molar-refractivity contribution in [1.29, 1.82) is 0 Å². The minimum absolute atomic E-state index is 0.602. The van der Waals surface area contributed by atoms with Crippen molar-refractivity contribution in [2.24, 2.45) is 0 Å². The van der Waals surface area contributed by atoms with Crippen LogP contribution in [-0.4, -0.2) is 30.1 Å². The molecular formula is C9H18N2. The van der Waals surface area contributed by atoms with Crippen LogP contribution in [-0.2, 0) is 0 Å². The fourth-order valence-corrected chi connectivity index (χ4v) is 1.56. The standard InChI is InChI=1S/C9H18N2/c1-4-11-6-5-9(7-11)10-8(2)3/h4,8-10H,1,5-7H2,2-3H3/t9-/m0/s1. The molecule has 1 fully saturated rings. The molecule has 0 radical (unpaired) electrons. The van der Waals surface area contributed by atoms with Crippen molar-refractivity contribution < 1.29 is 0 Å². The molecule has 0 amide bonds. The van der Waals surface area contributed by atoms with Gasteiger partial charge in [-0.05, 0) is 12.6 Å². The molecule has 1 saturated heterocycles. The lowest BCUT2D eigenvalue weighted by Gasteiger charge is -2.16. The molecule has 2 heteroatoms. The highest BCUT2D eigenvalue weighted by Crippen LogP contribution is 2.08. The quantitative estimate of drug-likeness (QED) is 0.657. The Morgan fingerprint density at radius 1 is 1.64 bits per heavy atom. The van der Waals surface area contributed by atoms with E-state index in [9.17, 15) is 0 Å². The van der Waals surface area contributed by atoms with Gasteiger partial charge in [0.1, 0.15) is 0 Å². The van der Waals surface area contributed by atoms with Crippen LogP contribution in [0.4, 0.5) is 0 Å². The van der Waals surface area contributed by atoms with Gasteiger partial charge in [-0.25, -0.2) is 0 Å². The van der Waals surface area contributed by atoms with E-state index in [1.165, 1.54) is 6.42 Å². The van der Waals surface area contributed by atoms with Crippen LogP contribution in [0, 0.1) is 0 Å². The second kappa shape index (κ2) is 3.77. The van der Waals surface area contributed by atoms with Crippen molar-refractivity contribution in [3.05, 3.63) is 12.8 Å². The molecule has 0 aromatic rings. The van der Waals surface area contributed by atoms with Crippen LogP contribution in [0.5, 0.6) is 0 Å². The maximum atomic E-state index is 3.75. The Bertz CT molecular complexity index is 132. The van der Waals surface area contributed by atoms with Gasteiger partial charge in [0.25, 0.3) is 0 Å². The lowest BCUT2D eigenvalue weighted by atomic mass is 10.2. The van der Waals surface area contributed by atoms with Gasteiger partial charge < -0.3 is 10.2 Å². The van der Waals surface area contributed by atoms with Gasteiger partial charge in [-0.3, -0.25) is 0 Å². The van der Waals surface area contributed by atoms with E-state index >= 15 is 0 Å². The van der Waals surface area contributed by atoms with E-state index in [0.717, 1.165) is 13.1 Å². The van der Waals surface area contributed by atoms with Crippen molar-refractivity contribution >= 4 is 0 Å². The molecule has 0 unspecified atom stereocenters. The molecule has 0 aromatic heterocycles. The predicted molar refractivity (Wildman–Crippen MR) is 48.4 cm³/mol. The van der Waals surface area contributed by atoms with Gasteiger partial charge in [0, 0.05) is 25.2 Å². The molecule has 0 aliphatic carbocycles. The molecule has 1 N–H and O–H groups in total. The number of rotatable bonds is 3. The predicted octanol–water partition coefficient (Wildman–Crippen LogP) is 1.20. The molecule has 0 spiro atoms. The van der Waals surface area contributed by atoms with E-state index in [4.69, 9.17) is 0 Å². The zero-order valence-corrected chi connectivity index (χ0v) is 7.51. The van der Waals surface area contributed by atoms with Gasteiger partial charge >= 0.3 is 0 Å². The summed E-state index contributed by atoms with van der Waals surface area (Å²) in [7, 11) is 0. The Morgan fingerprint density at radius 3 is 2.82 bits per heavy atom. The molecule has 1 heterocycles. The minimum atomic E-state index is 0.602. The second-order valence-electron chi connectivity index (χ2n) is 3.48. The van der Waals surface area contributed by atoms with E-state index in [1.807, 2.05) is 6.20 Å². The van der Waals surface area contributed by atoms with E-state index in [2.05, 4.69) is 30.6 Å². The van der Waals surface area contributed by atoms with E-state index in [0.29, 0.717) is 12.1 Å². The topological polar surface area (TPSA) is 15.3 Å². The second-order valence-corrected chi connectivity index (χ2v) is 3.48. The SMILES string of the molecule is C=CN1CC[C@H](NC(C)C)C1. The zero-order chi connectivity index (χ0) is 8.27. The first-order valence-corrected chi connectivity index (χ1v) is 4.35. The highest BCUT2D eigenvalue weighted by Gasteiger charge is 2.19. The van der Waals surface area contributed by atoms with Gasteiger partial charge in [-0.15, -0.1) is 0 Å². The number of hydrogen-bond acceptors (Lipinski definition) is 2. The average Bonchev–Trinajstić information content (AvgIpc) is 2.34. The Kier molecular flexibility index (Phi) is 2.94. The number of hydrogen-bond donors (Lipinski definition) is 1. The fraction of sp³-hybridized carbons (Fsp3) is 0.778. The third-order valence-electron chi connectivity index (χ3n) is 2.05. The monoisotopic (exact) mass is 154 g/mol. The average molecular weight is 154 g/mol. The van der Waals surface area contributed by atoms with E-state index in [-0.39, 0.29) is 0 Å². The fourth-order valence-electron chi connectivity index (χ4n) is 1.56. The Hall–Kier alpha value is -0.500. The maximum Gasteiger partial charge on any atom is 0.0327 e. The summed E-state index contributed by atoms with van der Waals surface area (Å²) in [5.74, 6) is 0. The van der Waals surface area contributed by atoms with Crippen molar-refractivity contribution in [1.82, 2.24) is 10.2 Å². The largest absolute Gasteiger partial charge is 0.376 e. The van der Waals surface area contributed by atoms with Crippen LogP contribution in [0.3, 0.4) is 0 Å². The van der Waals surface area contributed by atoms with Gasteiger partial charge in [-0.2, -0.15) is 0 Å². The van der Waals surface area contributed by atoms with Crippen LogP contribution in [0.1, 0.15) is 20.3 Å². The molecular weight excluding hydrogens is 136 g/mol. The molecule has 1 aliphatic rings. The molecule has 2 nitrogen and oxygen atoms in total. The zero-order valence-electron chi connectivity index (χ0n) is 7.51. The van der Waals surface area contributed by atoms with Crippen molar-refractivity contribution in [3.63, 3.8) is 0 Å². The van der Waals surface area contributed by atoms with E-state index < -0.39 is 0 Å². The normalized spacial score (nSPS) is 24.6. The summed E-state index contributed by atoms with van der Waals surface area (Å²) < 4.78 is 0. The van der Waals surface area contributed by atoms with Crippen molar-refractivity contribution in [3.8, 4) is 0 Å². The van der Waals surface area contributed by atoms with E-state index in [1.54, 1.807) is 0 Å². The molecule has 0 bridgehead atoms. The number of nitrogens with one attached hydrogen (secondary N) is 1. The highest BCUT2D eigenvalue weighted by atomic mass is 15.2. The summed E-state index contributed by atoms with van der Waals surface area (Å²) >= 11 is 0. The Morgan fingerprint density at radius 2 is 2.36 bits per heavy atom. The van der Waals surface area contributed by atoms with Crippen LogP contribution >= 0.6 is 0 Å². The van der Waals surface area contributed by atoms with Crippen LogP contribution in [0.15, 0.2) is 12.8 Å². The van der Waals surface area contributed by atoms with Gasteiger partial charge in [-0.1, -0.05) is 20.4 Å². The minimum Gasteiger partial charge on any atom is -0.376 e. The summed E-state index contributed by atoms with van der Waals surface area (Å²) in [5.41, 5.74) is 0. The third-order valence-corrected chi connectivity index (χ3v) is 2.05. The molecule has 0 saturated carbocycles. The summed E-state index contributed by atoms with van der Waals surface area (Å²) in [4.78, 5) is 2.26. The first-order valence-electron chi connectivity index (χ1n) is 4.35. The van der Waals surface area contributed by atoms with Crippen LogP contribution in [0.2, 0.25) is 0 Å². The summed E-state index contributed by atoms with van der Waals surface area (Å²) in [5, 5.41) is 3.52. The molecule has 64 valence electrons. The molecule has 1 atom stereocenters. The number of likely N-dealkylation sites (tertiary alicyclic amines) is 1. The number of nitrogens with zero attached hydrogens (tertiary/aromatic N) is 1. The first-order chi connectivity index (χ1) is 5.22. The maximum absolute atomic E-state index is 3.75. The Balaban J connectivity index is 2.24. The Labute approximate surface area is 69.3 Å². The summed E-state index contributed by atoms with van der Waals surface area (Å²) in [6, 6.07) is 1.28. The van der Waals surface area contributed by atoms with Crippen LogP contribution in [0.25, 0.3) is 0 Å². The van der Waals surface area contributed by atoms with Crippen molar-refractivity contribution in [2.75, 3.05) is 13.1 Å². The third kappa shape index (κ3) is 2.54. The summed E-state index contributed by atoms with van der Waals surface area (Å²) in [6.07, 6.45) is 3.19. The first kappa shape index (κ1) is 8.60. The highest BCUT2D eigenvalue weighted by molar-refractivity contribution is 4.86. The molecule has 0 aromatic carbocycles. The summed E-state index contributed by atoms with van der Waals surface area (Å²) in [6.45, 7) is 10.4. The van der Waals surface area contributed by atoms with Crippen LogP contribution < -0.4 is 5.32 Å². The van der Waals surface area contributed by atoms with Crippen molar-refractivity contribution in [2.45, 2.75) is 32.4 Å².